The Labute approximate surface area is 69.8 Å². The van der Waals surface area contributed by atoms with Crippen molar-refractivity contribution < 1.29 is 18.6 Å². The standard InChI is InChI=1S/C6H14O2.O2S/c1-6(2-4-7)3-5-8;1-3-2/h6-8H,2-5H2,1H3;. The summed E-state index contributed by atoms with van der Waals surface area (Å²) in [5, 5.41) is 16.8. The van der Waals surface area contributed by atoms with E-state index in [9.17, 15) is 0 Å². The van der Waals surface area contributed by atoms with Crippen molar-refractivity contribution in [2.75, 3.05) is 13.2 Å². The van der Waals surface area contributed by atoms with Gasteiger partial charge in [0.05, 0.1) is 0 Å². The second-order valence-corrected chi connectivity index (χ2v) is 2.33. The van der Waals surface area contributed by atoms with Gasteiger partial charge in [0, 0.05) is 13.2 Å². The van der Waals surface area contributed by atoms with Crippen molar-refractivity contribution in [2.24, 2.45) is 5.92 Å². The molecule has 0 heterocycles. The third-order valence-corrected chi connectivity index (χ3v) is 1.24. The van der Waals surface area contributed by atoms with Gasteiger partial charge in [0.2, 0.25) is 0 Å². The number of hydrogen-bond donors (Lipinski definition) is 2. The minimum atomic E-state index is -0.750. The van der Waals surface area contributed by atoms with Crippen molar-refractivity contribution >= 4 is 11.6 Å². The highest BCUT2D eigenvalue weighted by Crippen LogP contribution is 2.03. The molecule has 0 aliphatic carbocycles. The van der Waals surface area contributed by atoms with Gasteiger partial charge < -0.3 is 10.2 Å². The highest BCUT2D eigenvalue weighted by molar-refractivity contribution is 7.51. The van der Waals surface area contributed by atoms with Crippen LogP contribution in [0, 0.1) is 5.92 Å². The van der Waals surface area contributed by atoms with Gasteiger partial charge in [-0.3, -0.25) is 0 Å². The van der Waals surface area contributed by atoms with E-state index < -0.39 is 11.6 Å². The topological polar surface area (TPSA) is 74.6 Å². The first-order valence-electron chi connectivity index (χ1n) is 3.36. The lowest BCUT2D eigenvalue weighted by molar-refractivity contribution is 0.223. The van der Waals surface area contributed by atoms with E-state index in [2.05, 4.69) is 0 Å². The number of aliphatic hydroxyl groups excluding tert-OH is 2. The molecule has 0 aromatic rings. The van der Waals surface area contributed by atoms with Gasteiger partial charge >= 0.3 is 11.6 Å². The molecule has 5 heteroatoms. The zero-order valence-corrected chi connectivity index (χ0v) is 7.34. The minimum Gasteiger partial charge on any atom is -0.396 e. The lowest BCUT2D eigenvalue weighted by atomic mass is 10.1. The largest absolute Gasteiger partial charge is 0.396 e. The van der Waals surface area contributed by atoms with Crippen molar-refractivity contribution in [1.29, 1.82) is 0 Å². The van der Waals surface area contributed by atoms with Crippen molar-refractivity contribution in [3.63, 3.8) is 0 Å². The second kappa shape index (κ2) is 12.4. The summed E-state index contributed by atoms with van der Waals surface area (Å²) >= 11 is -0.750. The summed E-state index contributed by atoms with van der Waals surface area (Å²) in [5.74, 6) is 0.463. The van der Waals surface area contributed by atoms with Crippen LogP contribution in [-0.4, -0.2) is 31.8 Å². The number of aliphatic hydroxyl groups is 2. The van der Waals surface area contributed by atoms with Crippen LogP contribution < -0.4 is 0 Å². The van der Waals surface area contributed by atoms with Gasteiger partial charge in [0.15, 0.2) is 0 Å². The summed E-state index contributed by atoms with van der Waals surface area (Å²) in [6.45, 7) is 2.49. The second-order valence-electron chi connectivity index (χ2n) is 2.20. The third-order valence-electron chi connectivity index (χ3n) is 1.24. The lowest BCUT2D eigenvalue weighted by Gasteiger charge is -2.04. The highest BCUT2D eigenvalue weighted by Gasteiger charge is 1.97. The van der Waals surface area contributed by atoms with E-state index in [1.165, 1.54) is 0 Å². The zero-order valence-electron chi connectivity index (χ0n) is 6.52. The quantitative estimate of drug-likeness (QED) is 0.627. The maximum absolute atomic E-state index is 8.38. The molecule has 0 amide bonds. The van der Waals surface area contributed by atoms with Crippen molar-refractivity contribution in [1.82, 2.24) is 0 Å². The average Bonchev–Trinajstić information content (AvgIpc) is 1.90. The third kappa shape index (κ3) is 17.7. The Hall–Kier alpha value is -0.260. The maximum atomic E-state index is 8.38. The molecule has 0 unspecified atom stereocenters. The minimum absolute atomic E-state index is 0.237. The van der Waals surface area contributed by atoms with E-state index in [0.717, 1.165) is 12.8 Å². The van der Waals surface area contributed by atoms with Crippen LogP contribution in [0.3, 0.4) is 0 Å². The summed E-state index contributed by atoms with van der Waals surface area (Å²) in [4.78, 5) is 0. The predicted octanol–water partition coefficient (Wildman–Crippen LogP) is -0.283. The van der Waals surface area contributed by atoms with Gasteiger partial charge in [0.25, 0.3) is 0 Å². The van der Waals surface area contributed by atoms with E-state index in [1.54, 1.807) is 0 Å². The Morgan fingerprint density at radius 1 is 1.18 bits per heavy atom. The molecule has 4 nitrogen and oxygen atoms in total. The van der Waals surface area contributed by atoms with Crippen molar-refractivity contribution in [3.05, 3.63) is 0 Å². The molecule has 0 saturated heterocycles. The van der Waals surface area contributed by atoms with Crippen LogP contribution in [-0.2, 0) is 11.6 Å². The number of hydrogen-bond acceptors (Lipinski definition) is 4. The Kier molecular flexibility index (Phi) is 15.1. The molecule has 0 fully saturated rings. The molecule has 0 saturated carbocycles. The fourth-order valence-corrected chi connectivity index (χ4v) is 0.585. The van der Waals surface area contributed by atoms with Crippen LogP contribution in [0.25, 0.3) is 0 Å². The van der Waals surface area contributed by atoms with Gasteiger partial charge in [-0.2, -0.15) is 8.42 Å². The molecular formula is C6H14O4S. The molecule has 0 atom stereocenters. The molecule has 68 valence electrons. The first-order chi connectivity index (χ1) is 5.22. The van der Waals surface area contributed by atoms with Gasteiger partial charge in [-0.05, 0) is 18.8 Å². The molecule has 0 aliphatic heterocycles. The highest BCUT2D eigenvalue weighted by atomic mass is 32.1. The molecule has 11 heavy (non-hydrogen) atoms. The summed E-state index contributed by atoms with van der Waals surface area (Å²) in [6, 6.07) is 0. The first-order valence-corrected chi connectivity index (χ1v) is 4.03. The zero-order chi connectivity index (χ0) is 9.11. The molecule has 0 spiro atoms. The summed E-state index contributed by atoms with van der Waals surface area (Å²) in [7, 11) is 0. The van der Waals surface area contributed by atoms with Crippen LogP contribution in [0.4, 0.5) is 0 Å². The van der Waals surface area contributed by atoms with E-state index in [0.29, 0.717) is 5.92 Å². The number of rotatable bonds is 4. The monoisotopic (exact) mass is 182 g/mol. The van der Waals surface area contributed by atoms with Crippen LogP contribution in [0.2, 0.25) is 0 Å². The van der Waals surface area contributed by atoms with Crippen molar-refractivity contribution in [2.45, 2.75) is 19.8 Å². The Balaban J connectivity index is 0. The van der Waals surface area contributed by atoms with Gasteiger partial charge in [-0.15, -0.1) is 0 Å². The van der Waals surface area contributed by atoms with Gasteiger partial charge in [0.1, 0.15) is 0 Å². The molecular weight excluding hydrogens is 168 g/mol. The molecule has 0 radical (unpaired) electrons. The first kappa shape index (κ1) is 13.3. The fraction of sp³-hybridized carbons (Fsp3) is 1.00. The summed E-state index contributed by atoms with van der Waals surface area (Å²) in [5.41, 5.74) is 0. The summed E-state index contributed by atoms with van der Waals surface area (Å²) in [6.07, 6.45) is 1.61. The molecule has 0 aromatic carbocycles. The normalized spacial score (nSPS) is 8.73. The molecule has 0 aromatic heterocycles. The predicted molar refractivity (Wildman–Crippen MR) is 41.5 cm³/mol. The Morgan fingerprint density at radius 3 is 1.64 bits per heavy atom. The molecule has 0 aliphatic rings. The molecule has 0 rings (SSSR count). The smallest absolute Gasteiger partial charge is 0.335 e. The average molecular weight is 182 g/mol. The van der Waals surface area contributed by atoms with Gasteiger partial charge in [-0.1, -0.05) is 6.92 Å². The van der Waals surface area contributed by atoms with E-state index in [1.807, 2.05) is 6.92 Å². The maximum Gasteiger partial charge on any atom is 0.335 e. The Bertz CT molecular complexity index is 94.8. The van der Waals surface area contributed by atoms with Crippen LogP contribution in [0.15, 0.2) is 0 Å². The Morgan fingerprint density at radius 2 is 1.45 bits per heavy atom. The van der Waals surface area contributed by atoms with Crippen LogP contribution in [0.1, 0.15) is 19.8 Å². The van der Waals surface area contributed by atoms with E-state index >= 15 is 0 Å². The van der Waals surface area contributed by atoms with Crippen LogP contribution >= 0.6 is 0 Å². The molecule has 0 bridgehead atoms. The van der Waals surface area contributed by atoms with Gasteiger partial charge in [-0.25, -0.2) is 0 Å². The van der Waals surface area contributed by atoms with E-state index in [4.69, 9.17) is 18.6 Å². The molecule has 2 N–H and O–H groups in total. The fourth-order valence-electron chi connectivity index (χ4n) is 0.585. The van der Waals surface area contributed by atoms with Crippen molar-refractivity contribution in [3.8, 4) is 0 Å². The van der Waals surface area contributed by atoms with Crippen LogP contribution in [0.5, 0.6) is 0 Å². The summed E-state index contributed by atoms with van der Waals surface area (Å²) < 4.78 is 16.6. The SMILES string of the molecule is CC(CCO)CCO.O=S=O. The van der Waals surface area contributed by atoms with E-state index in [-0.39, 0.29) is 13.2 Å². The lowest BCUT2D eigenvalue weighted by Crippen LogP contribution is -1.99.